The van der Waals surface area contributed by atoms with E-state index in [9.17, 15) is 9.59 Å². The Hall–Kier alpha value is -1.26. The normalized spacial score (nSPS) is 22.2. The number of esters is 1. The monoisotopic (exact) mass is 301 g/mol. The smallest absolute Gasteiger partial charge is 0.329 e. The highest BCUT2D eigenvalue weighted by Gasteiger charge is 2.32. The highest BCUT2D eigenvalue weighted by molar-refractivity contribution is 6.36. The van der Waals surface area contributed by atoms with Crippen LogP contribution in [0.5, 0.6) is 0 Å². The molecule has 0 bridgehead atoms. The number of halogens is 2. The molecule has 1 fully saturated rings. The Morgan fingerprint density at radius 2 is 2.05 bits per heavy atom. The van der Waals surface area contributed by atoms with Gasteiger partial charge in [0.05, 0.1) is 6.42 Å². The molecule has 0 aromatic heterocycles. The summed E-state index contributed by atoms with van der Waals surface area (Å²) in [6.45, 7) is 1.79. The molecule has 6 heteroatoms. The molecule has 1 aliphatic rings. The van der Waals surface area contributed by atoms with Gasteiger partial charge in [-0.1, -0.05) is 29.3 Å². The van der Waals surface area contributed by atoms with Crippen molar-refractivity contribution < 1.29 is 14.3 Å². The number of cyclic esters (lactones) is 1. The van der Waals surface area contributed by atoms with E-state index >= 15 is 0 Å². The molecular formula is C13H13Cl2NO3. The third-order valence-electron chi connectivity index (χ3n) is 2.90. The summed E-state index contributed by atoms with van der Waals surface area (Å²) in [5, 5.41) is 3.50. The van der Waals surface area contributed by atoms with Crippen molar-refractivity contribution in [1.29, 1.82) is 0 Å². The molecule has 102 valence electrons. The largest absolute Gasteiger partial charge is 0.461 e. The minimum Gasteiger partial charge on any atom is -0.461 e. The van der Waals surface area contributed by atoms with Crippen molar-refractivity contribution in [1.82, 2.24) is 5.32 Å². The highest BCUT2D eigenvalue weighted by Crippen LogP contribution is 2.24. The quantitative estimate of drug-likeness (QED) is 0.872. The molecule has 1 amide bonds. The number of amides is 1. The number of nitrogens with one attached hydrogen (secondary N) is 1. The Morgan fingerprint density at radius 3 is 2.58 bits per heavy atom. The number of benzene rings is 1. The summed E-state index contributed by atoms with van der Waals surface area (Å²) in [6.07, 6.45) is 0.360. The summed E-state index contributed by atoms with van der Waals surface area (Å²) in [6, 6.07) is 4.47. The Balaban J connectivity index is 2.00. The number of hydrogen-bond donors (Lipinski definition) is 1. The van der Waals surface area contributed by atoms with Crippen molar-refractivity contribution in [3.8, 4) is 0 Å². The van der Waals surface area contributed by atoms with Crippen molar-refractivity contribution in [2.24, 2.45) is 0 Å². The minimum atomic E-state index is -0.580. The van der Waals surface area contributed by atoms with Crippen LogP contribution in [0.3, 0.4) is 0 Å². The van der Waals surface area contributed by atoms with Crippen LogP contribution in [0.25, 0.3) is 0 Å². The predicted octanol–water partition coefficient (Wildman–Crippen LogP) is 2.36. The Labute approximate surface area is 121 Å². The van der Waals surface area contributed by atoms with E-state index in [1.807, 2.05) is 0 Å². The van der Waals surface area contributed by atoms with Crippen LogP contribution in [0.1, 0.15) is 18.9 Å². The fourth-order valence-corrected chi connectivity index (χ4v) is 2.51. The van der Waals surface area contributed by atoms with E-state index in [0.29, 0.717) is 22.0 Å². The first-order chi connectivity index (χ1) is 8.97. The standard InChI is InChI=1S/C13H13Cl2NO3/c1-7-5-11(13(18)19-7)16-12(17)6-8-9(14)3-2-4-10(8)15/h2-4,7,11H,5-6H2,1H3,(H,16,17)/t7-,11-/m1/s1. The topological polar surface area (TPSA) is 55.4 Å². The lowest BCUT2D eigenvalue weighted by Gasteiger charge is -2.10. The van der Waals surface area contributed by atoms with Gasteiger partial charge in [0.2, 0.25) is 5.91 Å². The van der Waals surface area contributed by atoms with Crippen LogP contribution in [-0.4, -0.2) is 24.0 Å². The third kappa shape index (κ3) is 3.39. The Morgan fingerprint density at radius 1 is 1.42 bits per heavy atom. The molecule has 0 saturated carbocycles. The Kier molecular flexibility index (Phi) is 4.32. The number of rotatable bonds is 3. The molecule has 4 nitrogen and oxygen atoms in total. The van der Waals surface area contributed by atoms with Crippen molar-refractivity contribution in [2.75, 3.05) is 0 Å². The van der Waals surface area contributed by atoms with E-state index in [2.05, 4.69) is 5.32 Å². The van der Waals surface area contributed by atoms with Crippen molar-refractivity contribution in [3.05, 3.63) is 33.8 Å². The third-order valence-corrected chi connectivity index (χ3v) is 3.61. The van der Waals surface area contributed by atoms with Crippen molar-refractivity contribution in [3.63, 3.8) is 0 Å². The van der Waals surface area contributed by atoms with Crippen molar-refractivity contribution in [2.45, 2.75) is 31.9 Å². The second kappa shape index (κ2) is 5.80. The van der Waals surface area contributed by atoms with Crippen LogP contribution < -0.4 is 5.32 Å². The maximum Gasteiger partial charge on any atom is 0.329 e. The molecule has 0 unspecified atom stereocenters. The SMILES string of the molecule is C[C@@H]1C[C@@H](NC(=O)Cc2c(Cl)cccc2Cl)C(=O)O1. The second-order valence-corrected chi connectivity index (χ2v) is 5.29. The molecule has 1 aliphatic heterocycles. The first-order valence-electron chi connectivity index (χ1n) is 5.90. The van der Waals surface area contributed by atoms with Gasteiger partial charge in [-0.05, 0) is 24.6 Å². The van der Waals surface area contributed by atoms with Gasteiger partial charge >= 0.3 is 5.97 Å². The van der Waals surface area contributed by atoms with Crippen LogP contribution in [0.2, 0.25) is 10.0 Å². The van der Waals surface area contributed by atoms with Gasteiger partial charge < -0.3 is 10.1 Å². The lowest BCUT2D eigenvalue weighted by atomic mass is 10.1. The molecule has 1 N–H and O–H groups in total. The number of carbonyl (C=O) groups excluding carboxylic acids is 2. The molecule has 19 heavy (non-hydrogen) atoms. The van der Waals surface area contributed by atoms with Crippen LogP contribution in [0.4, 0.5) is 0 Å². The van der Waals surface area contributed by atoms with Gasteiger partial charge in [0, 0.05) is 16.5 Å². The van der Waals surface area contributed by atoms with E-state index in [-0.39, 0.29) is 18.4 Å². The van der Waals surface area contributed by atoms with E-state index in [4.69, 9.17) is 27.9 Å². The average molecular weight is 302 g/mol. The maximum absolute atomic E-state index is 11.9. The summed E-state index contributed by atoms with van der Waals surface area (Å²) in [5.41, 5.74) is 0.558. The zero-order valence-corrected chi connectivity index (χ0v) is 11.8. The van der Waals surface area contributed by atoms with Crippen LogP contribution >= 0.6 is 23.2 Å². The molecule has 2 rings (SSSR count). The van der Waals surface area contributed by atoms with Gasteiger partial charge in [-0.15, -0.1) is 0 Å². The fourth-order valence-electron chi connectivity index (χ4n) is 1.98. The molecule has 0 aliphatic carbocycles. The number of ether oxygens (including phenoxy) is 1. The first-order valence-corrected chi connectivity index (χ1v) is 6.65. The summed E-state index contributed by atoms with van der Waals surface area (Å²) in [7, 11) is 0. The summed E-state index contributed by atoms with van der Waals surface area (Å²) < 4.78 is 4.97. The van der Waals surface area contributed by atoms with E-state index in [1.54, 1.807) is 25.1 Å². The maximum atomic E-state index is 11.9. The summed E-state index contributed by atoms with van der Waals surface area (Å²) in [5.74, 6) is -0.697. The predicted molar refractivity (Wildman–Crippen MR) is 72.3 cm³/mol. The lowest BCUT2D eigenvalue weighted by molar-refractivity contribution is -0.143. The van der Waals surface area contributed by atoms with E-state index in [1.165, 1.54) is 0 Å². The molecule has 1 aromatic carbocycles. The fraction of sp³-hybridized carbons (Fsp3) is 0.385. The zero-order valence-electron chi connectivity index (χ0n) is 10.3. The molecule has 1 aromatic rings. The molecule has 0 radical (unpaired) electrons. The average Bonchev–Trinajstić information content (AvgIpc) is 2.63. The zero-order chi connectivity index (χ0) is 14.0. The van der Waals surface area contributed by atoms with Gasteiger partial charge in [-0.2, -0.15) is 0 Å². The Bertz CT molecular complexity index is 498. The van der Waals surface area contributed by atoms with Gasteiger partial charge in [-0.25, -0.2) is 4.79 Å². The van der Waals surface area contributed by atoms with Crippen LogP contribution in [-0.2, 0) is 20.7 Å². The molecule has 1 heterocycles. The van der Waals surface area contributed by atoms with Crippen LogP contribution in [0, 0.1) is 0 Å². The first kappa shape index (κ1) is 14.2. The van der Waals surface area contributed by atoms with Crippen LogP contribution in [0.15, 0.2) is 18.2 Å². The van der Waals surface area contributed by atoms with Gasteiger partial charge in [0.1, 0.15) is 12.1 Å². The molecule has 1 saturated heterocycles. The second-order valence-electron chi connectivity index (χ2n) is 4.48. The summed E-state index contributed by atoms with van der Waals surface area (Å²) >= 11 is 12.0. The van der Waals surface area contributed by atoms with Gasteiger partial charge in [0.15, 0.2) is 0 Å². The van der Waals surface area contributed by atoms with E-state index in [0.717, 1.165) is 0 Å². The van der Waals surface area contributed by atoms with Gasteiger partial charge in [-0.3, -0.25) is 4.79 Å². The molecule has 0 spiro atoms. The molecular weight excluding hydrogens is 289 g/mol. The van der Waals surface area contributed by atoms with E-state index < -0.39 is 12.0 Å². The minimum absolute atomic E-state index is 0.0384. The molecule has 2 atom stereocenters. The number of carbonyl (C=O) groups is 2. The van der Waals surface area contributed by atoms with Gasteiger partial charge in [0.25, 0.3) is 0 Å². The van der Waals surface area contributed by atoms with Crippen molar-refractivity contribution >= 4 is 35.1 Å². The highest BCUT2D eigenvalue weighted by atomic mass is 35.5. The number of hydrogen-bond acceptors (Lipinski definition) is 3. The lowest BCUT2D eigenvalue weighted by Crippen LogP contribution is -2.38. The summed E-state index contributed by atoms with van der Waals surface area (Å²) in [4.78, 5) is 23.3.